The second-order valence-corrected chi connectivity index (χ2v) is 9.31. The van der Waals surface area contributed by atoms with Crippen LogP contribution in [0.15, 0.2) is 53.4 Å². The van der Waals surface area contributed by atoms with Gasteiger partial charge in [0.1, 0.15) is 5.82 Å². The third-order valence-electron chi connectivity index (χ3n) is 4.74. The van der Waals surface area contributed by atoms with Crippen molar-refractivity contribution in [1.82, 2.24) is 9.62 Å². The minimum Gasteiger partial charge on any atom is -0.347 e. The molecule has 0 radical (unpaired) electrons. The van der Waals surface area contributed by atoms with E-state index in [9.17, 15) is 22.4 Å². The van der Waals surface area contributed by atoms with Gasteiger partial charge in [-0.05, 0) is 55.3 Å². The first kappa shape index (κ1) is 22.2. The lowest BCUT2D eigenvalue weighted by atomic mass is 9.99. The van der Waals surface area contributed by atoms with E-state index in [1.807, 2.05) is 0 Å². The largest absolute Gasteiger partial charge is 0.347 e. The molecule has 0 aromatic heterocycles. The van der Waals surface area contributed by atoms with Crippen molar-refractivity contribution in [2.45, 2.75) is 17.7 Å². The van der Waals surface area contributed by atoms with Gasteiger partial charge in [0.15, 0.2) is 0 Å². The average molecular weight is 454 g/mol. The molecular formula is C20H21ClFN3O4S. The normalized spacial score (nSPS) is 17.3. The first-order chi connectivity index (χ1) is 14.3. The molecule has 0 aliphatic carbocycles. The zero-order valence-electron chi connectivity index (χ0n) is 16.0. The first-order valence-corrected chi connectivity index (χ1v) is 11.2. The highest BCUT2D eigenvalue weighted by Gasteiger charge is 2.33. The van der Waals surface area contributed by atoms with Crippen LogP contribution in [-0.2, 0) is 19.6 Å². The Bertz CT molecular complexity index is 1030. The number of hydrogen-bond donors (Lipinski definition) is 2. The number of nitrogens with zero attached hydrogens (tertiary/aromatic N) is 1. The highest BCUT2D eigenvalue weighted by Crippen LogP contribution is 2.24. The lowest BCUT2D eigenvalue weighted by Gasteiger charge is -2.31. The van der Waals surface area contributed by atoms with Crippen molar-refractivity contribution in [1.29, 1.82) is 0 Å². The lowest BCUT2D eigenvalue weighted by Crippen LogP contribution is -2.46. The van der Waals surface area contributed by atoms with Gasteiger partial charge < -0.3 is 10.6 Å². The Hall–Kier alpha value is -2.49. The third kappa shape index (κ3) is 5.56. The van der Waals surface area contributed by atoms with Crippen LogP contribution >= 0.6 is 11.6 Å². The van der Waals surface area contributed by atoms with Gasteiger partial charge in [0, 0.05) is 23.8 Å². The van der Waals surface area contributed by atoms with Crippen molar-refractivity contribution in [3.63, 3.8) is 0 Å². The number of benzene rings is 2. The van der Waals surface area contributed by atoms with Crippen molar-refractivity contribution in [3.8, 4) is 0 Å². The van der Waals surface area contributed by atoms with E-state index in [0.29, 0.717) is 24.4 Å². The standard InChI is InChI=1S/C20H21ClFN3O4S/c21-15-6-8-18(9-7-15)30(28,29)25-10-2-3-14(13-25)20(27)23-12-19(26)24-17-5-1-4-16(22)11-17/h1,4-9,11,14H,2-3,10,12-13H2,(H,23,27)(H,24,26). The summed E-state index contributed by atoms with van der Waals surface area (Å²) in [4.78, 5) is 24.6. The minimum atomic E-state index is -3.74. The molecule has 2 N–H and O–H groups in total. The topological polar surface area (TPSA) is 95.6 Å². The molecule has 1 aliphatic rings. The zero-order chi connectivity index (χ0) is 21.7. The summed E-state index contributed by atoms with van der Waals surface area (Å²) < 4.78 is 40.1. The van der Waals surface area contributed by atoms with Crippen LogP contribution in [0.2, 0.25) is 5.02 Å². The van der Waals surface area contributed by atoms with E-state index >= 15 is 0 Å². The second kappa shape index (κ2) is 9.55. The van der Waals surface area contributed by atoms with Crippen LogP contribution in [0.5, 0.6) is 0 Å². The van der Waals surface area contributed by atoms with Crippen LogP contribution < -0.4 is 10.6 Å². The van der Waals surface area contributed by atoms with E-state index in [-0.39, 0.29) is 23.7 Å². The second-order valence-electron chi connectivity index (χ2n) is 6.93. The maximum absolute atomic E-state index is 13.2. The van der Waals surface area contributed by atoms with E-state index in [0.717, 1.165) is 0 Å². The molecule has 7 nitrogen and oxygen atoms in total. The molecule has 2 aromatic carbocycles. The fourth-order valence-corrected chi connectivity index (χ4v) is 4.86. The van der Waals surface area contributed by atoms with E-state index in [4.69, 9.17) is 11.6 Å². The summed E-state index contributed by atoms with van der Waals surface area (Å²) in [7, 11) is -3.74. The summed E-state index contributed by atoms with van der Waals surface area (Å²) in [6, 6.07) is 11.3. The number of carbonyl (C=O) groups is 2. The SMILES string of the molecule is O=C(CNC(=O)C1CCCN(S(=O)(=O)c2ccc(Cl)cc2)C1)Nc1cccc(F)c1. The van der Waals surface area contributed by atoms with E-state index < -0.39 is 33.6 Å². The predicted molar refractivity (Wildman–Crippen MR) is 111 cm³/mol. The molecule has 3 rings (SSSR count). The Labute approximate surface area is 179 Å². The number of sulfonamides is 1. The summed E-state index contributed by atoms with van der Waals surface area (Å²) in [5, 5.41) is 5.44. The van der Waals surface area contributed by atoms with Gasteiger partial charge in [0.05, 0.1) is 17.4 Å². The van der Waals surface area contributed by atoms with Crippen LogP contribution in [0.1, 0.15) is 12.8 Å². The molecule has 30 heavy (non-hydrogen) atoms. The highest BCUT2D eigenvalue weighted by molar-refractivity contribution is 7.89. The van der Waals surface area contributed by atoms with Crippen LogP contribution in [0, 0.1) is 11.7 Å². The Morgan fingerprint density at radius 3 is 2.60 bits per heavy atom. The van der Waals surface area contributed by atoms with Gasteiger partial charge in [-0.3, -0.25) is 9.59 Å². The number of amides is 2. The molecule has 1 unspecified atom stereocenters. The molecule has 0 saturated carbocycles. The Morgan fingerprint density at radius 2 is 1.90 bits per heavy atom. The van der Waals surface area contributed by atoms with Crippen LogP contribution in [0.4, 0.5) is 10.1 Å². The monoisotopic (exact) mass is 453 g/mol. The van der Waals surface area contributed by atoms with Gasteiger partial charge in [-0.2, -0.15) is 4.31 Å². The maximum Gasteiger partial charge on any atom is 0.243 e. The van der Waals surface area contributed by atoms with E-state index in [1.54, 1.807) is 0 Å². The lowest BCUT2D eigenvalue weighted by molar-refractivity contribution is -0.128. The first-order valence-electron chi connectivity index (χ1n) is 9.34. The summed E-state index contributed by atoms with van der Waals surface area (Å²) >= 11 is 5.82. The fourth-order valence-electron chi connectivity index (χ4n) is 3.21. The number of halogens is 2. The Balaban J connectivity index is 1.56. The van der Waals surface area contributed by atoms with Crippen LogP contribution in [0.25, 0.3) is 0 Å². The average Bonchev–Trinajstić information content (AvgIpc) is 2.72. The number of anilines is 1. The smallest absolute Gasteiger partial charge is 0.243 e. The molecule has 0 bridgehead atoms. The molecule has 1 fully saturated rings. The van der Waals surface area contributed by atoms with Gasteiger partial charge in [-0.15, -0.1) is 0 Å². The van der Waals surface area contributed by atoms with E-state index in [2.05, 4.69) is 10.6 Å². The molecule has 1 aliphatic heterocycles. The fraction of sp³-hybridized carbons (Fsp3) is 0.300. The van der Waals surface area contributed by atoms with Crippen molar-refractivity contribution in [3.05, 3.63) is 59.4 Å². The quantitative estimate of drug-likeness (QED) is 0.702. The molecule has 1 atom stereocenters. The molecule has 1 heterocycles. The molecular weight excluding hydrogens is 433 g/mol. The summed E-state index contributed by atoms with van der Waals surface area (Å²) in [5.41, 5.74) is 0.284. The third-order valence-corrected chi connectivity index (χ3v) is 6.87. The zero-order valence-corrected chi connectivity index (χ0v) is 17.5. The van der Waals surface area contributed by atoms with Crippen molar-refractivity contribution >= 4 is 39.1 Å². The molecule has 2 amide bonds. The highest BCUT2D eigenvalue weighted by atomic mass is 35.5. The molecule has 2 aromatic rings. The van der Waals surface area contributed by atoms with Crippen LogP contribution in [-0.4, -0.2) is 44.2 Å². The molecule has 1 saturated heterocycles. The molecule has 160 valence electrons. The Morgan fingerprint density at radius 1 is 1.17 bits per heavy atom. The van der Waals surface area contributed by atoms with Crippen molar-refractivity contribution in [2.24, 2.45) is 5.92 Å². The summed E-state index contributed by atoms with van der Waals surface area (Å²) in [6.07, 6.45) is 1.05. The number of carbonyl (C=O) groups excluding carboxylic acids is 2. The minimum absolute atomic E-state index is 0.0301. The van der Waals surface area contributed by atoms with Gasteiger partial charge in [0.2, 0.25) is 21.8 Å². The Kier molecular flexibility index (Phi) is 7.06. The van der Waals surface area contributed by atoms with Gasteiger partial charge >= 0.3 is 0 Å². The molecule has 0 spiro atoms. The maximum atomic E-state index is 13.2. The number of nitrogens with one attached hydrogen (secondary N) is 2. The number of piperidine rings is 1. The number of hydrogen-bond acceptors (Lipinski definition) is 4. The predicted octanol–water partition coefficient (Wildman–Crippen LogP) is 2.63. The van der Waals surface area contributed by atoms with Gasteiger partial charge in [-0.25, -0.2) is 12.8 Å². The summed E-state index contributed by atoms with van der Waals surface area (Å²) in [5.74, 6) is -1.96. The van der Waals surface area contributed by atoms with E-state index in [1.165, 1.54) is 52.8 Å². The number of rotatable bonds is 6. The van der Waals surface area contributed by atoms with Gasteiger partial charge in [0.25, 0.3) is 0 Å². The van der Waals surface area contributed by atoms with Gasteiger partial charge in [-0.1, -0.05) is 17.7 Å². The van der Waals surface area contributed by atoms with Crippen molar-refractivity contribution in [2.75, 3.05) is 25.0 Å². The van der Waals surface area contributed by atoms with Crippen LogP contribution in [0.3, 0.4) is 0 Å². The summed E-state index contributed by atoms with van der Waals surface area (Å²) in [6.45, 7) is 0.0485. The van der Waals surface area contributed by atoms with Crippen molar-refractivity contribution < 1.29 is 22.4 Å². The molecule has 10 heteroatoms.